The molecule has 1 rings (SSSR count). The summed E-state index contributed by atoms with van der Waals surface area (Å²) in [7, 11) is 0. The summed E-state index contributed by atoms with van der Waals surface area (Å²) >= 11 is 0. The first-order valence-corrected chi connectivity index (χ1v) is 4.64. The Bertz CT molecular complexity index is 330. The van der Waals surface area contributed by atoms with Crippen molar-refractivity contribution in [1.29, 1.82) is 0 Å². The summed E-state index contributed by atoms with van der Waals surface area (Å²) in [5.41, 5.74) is 3.89. The molecule has 0 radical (unpaired) electrons. The number of allylic oxidation sites excluding steroid dienone is 2. The first-order valence-electron chi connectivity index (χ1n) is 4.64. The first kappa shape index (κ1) is 9.79. The van der Waals surface area contributed by atoms with Gasteiger partial charge in [0.05, 0.1) is 0 Å². The van der Waals surface area contributed by atoms with Crippen LogP contribution in [0.5, 0.6) is 0 Å². The maximum absolute atomic E-state index is 2.20. The van der Waals surface area contributed by atoms with E-state index in [2.05, 4.69) is 49.4 Å². The lowest BCUT2D eigenvalue weighted by Gasteiger charge is -2.01. The molecule has 0 saturated carbocycles. The minimum absolute atomic E-state index is 1.27. The van der Waals surface area contributed by atoms with Gasteiger partial charge in [-0.15, -0.1) is 0 Å². The van der Waals surface area contributed by atoms with E-state index in [9.17, 15) is 0 Å². The third-order valence-corrected chi connectivity index (χ3v) is 2.01. The molecule has 0 atom stereocenters. The Balaban J connectivity index is 3.10. The molecule has 0 aromatic heterocycles. The second-order valence-corrected chi connectivity index (χ2v) is 3.12. The minimum Gasteiger partial charge on any atom is -0.0871 e. The average molecular weight is 172 g/mol. The molecule has 0 bridgehead atoms. The highest BCUT2D eigenvalue weighted by Crippen LogP contribution is 2.13. The van der Waals surface area contributed by atoms with E-state index >= 15 is 0 Å². The molecule has 0 N–H and O–H groups in total. The van der Waals surface area contributed by atoms with Gasteiger partial charge in [-0.25, -0.2) is 0 Å². The summed E-state index contributed by atoms with van der Waals surface area (Å²) in [4.78, 5) is 0. The molecule has 0 heteroatoms. The molecule has 0 unspecified atom stereocenters. The summed E-state index contributed by atoms with van der Waals surface area (Å²) in [5, 5.41) is 0. The highest BCUT2D eigenvalue weighted by atomic mass is 14.0. The maximum Gasteiger partial charge on any atom is -0.0225 e. The van der Waals surface area contributed by atoms with Gasteiger partial charge < -0.3 is 0 Å². The molecule has 0 aliphatic carbocycles. The Kier molecular flexibility index (Phi) is 3.51. The quantitative estimate of drug-likeness (QED) is 0.631. The van der Waals surface area contributed by atoms with E-state index in [-0.39, 0.29) is 0 Å². The van der Waals surface area contributed by atoms with Crippen LogP contribution in [0.4, 0.5) is 0 Å². The Morgan fingerprint density at radius 2 is 1.69 bits per heavy atom. The number of hydrogen-bond acceptors (Lipinski definition) is 0. The van der Waals surface area contributed by atoms with Crippen molar-refractivity contribution in [2.45, 2.75) is 20.8 Å². The smallest absolute Gasteiger partial charge is 0.0225 e. The van der Waals surface area contributed by atoms with Crippen LogP contribution in [0.1, 0.15) is 30.5 Å². The molecule has 68 valence electrons. The van der Waals surface area contributed by atoms with Gasteiger partial charge in [0.2, 0.25) is 0 Å². The van der Waals surface area contributed by atoms with Crippen molar-refractivity contribution in [2.75, 3.05) is 0 Å². The highest BCUT2D eigenvalue weighted by Gasteiger charge is 1.93. The lowest BCUT2D eigenvalue weighted by molar-refractivity contribution is 1.43. The van der Waals surface area contributed by atoms with Gasteiger partial charge in [0.1, 0.15) is 0 Å². The third-order valence-electron chi connectivity index (χ3n) is 2.01. The third kappa shape index (κ3) is 2.59. The van der Waals surface area contributed by atoms with E-state index in [0.29, 0.717) is 0 Å². The Morgan fingerprint density at radius 1 is 1.00 bits per heavy atom. The van der Waals surface area contributed by atoms with Crippen LogP contribution in [0.2, 0.25) is 0 Å². The molecule has 0 aliphatic rings. The van der Waals surface area contributed by atoms with Gasteiger partial charge in [-0.3, -0.25) is 0 Å². The Hall–Kier alpha value is -1.30. The SMILES string of the molecule is CC=Cc1ccc(C)c(C=CC)c1. The number of benzene rings is 1. The molecule has 0 fully saturated rings. The highest BCUT2D eigenvalue weighted by molar-refractivity contribution is 5.60. The summed E-state index contributed by atoms with van der Waals surface area (Å²) in [6.45, 7) is 6.21. The molecule has 0 aliphatic heterocycles. The van der Waals surface area contributed by atoms with Crippen LogP contribution < -0.4 is 0 Å². The second-order valence-electron chi connectivity index (χ2n) is 3.12. The van der Waals surface area contributed by atoms with Gasteiger partial charge in [-0.05, 0) is 43.5 Å². The van der Waals surface area contributed by atoms with Crippen LogP contribution in [-0.2, 0) is 0 Å². The van der Waals surface area contributed by atoms with Crippen LogP contribution >= 0.6 is 0 Å². The van der Waals surface area contributed by atoms with Crippen molar-refractivity contribution >= 4 is 12.2 Å². The molecule has 1 aromatic rings. The molecule has 0 nitrogen and oxygen atoms in total. The Morgan fingerprint density at radius 3 is 2.31 bits per heavy atom. The summed E-state index contributed by atoms with van der Waals surface area (Å²) in [5.74, 6) is 0. The summed E-state index contributed by atoms with van der Waals surface area (Å²) in [6, 6.07) is 6.50. The van der Waals surface area contributed by atoms with Crippen LogP contribution in [0.3, 0.4) is 0 Å². The number of aryl methyl sites for hydroxylation is 1. The van der Waals surface area contributed by atoms with E-state index in [1.807, 2.05) is 13.8 Å². The number of rotatable bonds is 2. The zero-order valence-corrected chi connectivity index (χ0v) is 8.54. The van der Waals surface area contributed by atoms with E-state index < -0.39 is 0 Å². The average Bonchev–Trinajstić information content (AvgIpc) is 2.12. The minimum atomic E-state index is 1.27. The fraction of sp³-hybridized carbons (Fsp3) is 0.231. The number of hydrogen-bond donors (Lipinski definition) is 0. The molecule has 0 spiro atoms. The van der Waals surface area contributed by atoms with E-state index in [0.717, 1.165) is 0 Å². The van der Waals surface area contributed by atoms with Crippen LogP contribution in [-0.4, -0.2) is 0 Å². The van der Waals surface area contributed by atoms with Crippen LogP contribution in [0, 0.1) is 6.92 Å². The predicted molar refractivity (Wildman–Crippen MR) is 60.6 cm³/mol. The predicted octanol–water partition coefficient (Wildman–Crippen LogP) is 4.06. The molecule has 0 heterocycles. The Labute approximate surface area is 80.6 Å². The first-order chi connectivity index (χ1) is 6.27. The van der Waals surface area contributed by atoms with E-state index in [1.54, 1.807) is 0 Å². The lowest BCUT2D eigenvalue weighted by atomic mass is 10.0. The van der Waals surface area contributed by atoms with Crippen molar-refractivity contribution in [3.63, 3.8) is 0 Å². The molecule has 1 aromatic carbocycles. The van der Waals surface area contributed by atoms with Crippen LogP contribution in [0.25, 0.3) is 12.2 Å². The fourth-order valence-corrected chi connectivity index (χ4v) is 1.31. The van der Waals surface area contributed by atoms with E-state index in [4.69, 9.17) is 0 Å². The van der Waals surface area contributed by atoms with E-state index in [1.165, 1.54) is 16.7 Å². The van der Waals surface area contributed by atoms with Gasteiger partial charge in [-0.2, -0.15) is 0 Å². The largest absolute Gasteiger partial charge is 0.0871 e. The maximum atomic E-state index is 2.20. The monoisotopic (exact) mass is 172 g/mol. The molecular formula is C13H16. The summed E-state index contributed by atoms with van der Waals surface area (Å²) in [6.07, 6.45) is 8.39. The fourth-order valence-electron chi connectivity index (χ4n) is 1.31. The van der Waals surface area contributed by atoms with Crippen molar-refractivity contribution < 1.29 is 0 Å². The topological polar surface area (TPSA) is 0 Å². The van der Waals surface area contributed by atoms with Crippen molar-refractivity contribution in [3.8, 4) is 0 Å². The lowest BCUT2D eigenvalue weighted by Crippen LogP contribution is -1.81. The standard InChI is InChI=1S/C13H16/c1-4-6-12-9-8-11(3)13(10-12)7-5-2/h4-10H,1-3H3. The molecule has 0 saturated heterocycles. The van der Waals surface area contributed by atoms with Gasteiger partial charge in [-0.1, -0.05) is 36.4 Å². The molecule has 13 heavy (non-hydrogen) atoms. The summed E-state index contributed by atoms with van der Waals surface area (Å²) < 4.78 is 0. The van der Waals surface area contributed by atoms with Gasteiger partial charge in [0.15, 0.2) is 0 Å². The van der Waals surface area contributed by atoms with Crippen molar-refractivity contribution in [2.24, 2.45) is 0 Å². The van der Waals surface area contributed by atoms with Gasteiger partial charge >= 0.3 is 0 Å². The van der Waals surface area contributed by atoms with Crippen molar-refractivity contribution in [1.82, 2.24) is 0 Å². The van der Waals surface area contributed by atoms with Crippen molar-refractivity contribution in [3.05, 3.63) is 47.0 Å². The van der Waals surface area contributed by atoms with Gasteiger partial charge in [0.25, 0.3) is 0 Å². The zero-order valence-electron chi connectivity index (χ0n) is 8.54. The van der Waals surface area contributed by atoms with Crippen LogP contribution in [0.15, 0.2) is 30.4 Å². The zero-order chi connectivity index (χ0) is 9.68. The molecular weight excluding hydrogens is 156 g/mol. The molecule has 0 amide bonds. The second kappa shape index (κ2) is 4.66. The van der Waals surface area contributed by atoms with Gasteiger partial charge in [0, 0.05) is 0 Å². The normalized spacial score (nSPS) is 11.6.